The molecule has 2 heteroatoms. The number of aliphatic hydroxyl groups is 1. The Morgan fingerprint density at radius 3 is 2.07 bits per heavy atom. The second-order valence-electron chi connectivity index (χ2n) is 5.71. The fraction of sp³-hybridized carbons (Fsp3) is 1.00. The van der Waals surface area contributed by atoms with Gasteiger partial charge in [0.2, 0.25) is 0 Å². The molecular weight excluding hydrogens is 188 g/mol. The molecule has 0 saturated carbocycles. The Morgan fingerprint density at radius 2 is 1.60 bits per heavy atom. The summed E-state index contributed by atoms with van der Waals surface area (Å²) >= 11 is 0. The van der Waals surface area contributed by atoms with Crippen molar-refractivity contribution in [3.63, 3.8) is 0 Å². The Bertz CT molecular complexity index is 156. The average molecular weight is 216 g/mol. The summed E-state index contributed by atoms with van der Waals surface area (Å²) in [5, 5.41) is 10.1. The summed E-state index contributed by atoms with van der Waals surface area (Å²) in [4.78, 5) is 0. The van der Waals surface area contributed by atoms with Crippen molar-refractivity contribution < 1.29 is 9.84 Å². The van der Waals surface area contributed by atoms with Crippen LogP contribution < -0.4 is 0 Å². The highest BCUT2D eigenvalue weighted by atomic mass is 16.5. The average Bonchev–Trinajstić information content (AvgIpc) is 2.09. The van der Waals surface area contributed by atoms with E-state index in [2.05, 4.69) is 6.92 Å². The van der Waals surface area contributed by atoms with E-state index < -0.39 is 5.60 Å². The van der Waals surface area contributed by atoms with Gasteiger partial charge in [-0.1, -0.05) is 32.6 Å². The Kier molecular flexibility index (Phi) is 6.46. The van der Waals surface area contributed by atoms with Gasteiger partial charge < -0.3 is 9.84 Å². The monoisotopic (exact) mass is 216 g/mol. The minimum absolute atomic E-state index is 0.159. The zero-order chi connectivity index (χ0) is 11.9. The first-order valence-corrected chi connectivity index (χ1v) is 6.13. The smallest absolute Gasteiger partial charge is 0.0852 e. The Labute approximate surface area is 95.0 Å². The molecule has 0 aromatic heterocycles. The molecule has 1 N–H and O–H groups in total. The molecule has 0 bridgehead atoms. The summed E-state index contributed by atoms with van der Waals surface area (Å²) in [6.07, 6.45) is 5.64. The van der Waals surface area contributed by atoms with Crippen molar-refractivity contribution in [2.45, 2.75) is 77.9 Å². The molecule has 0 spiro atoms. The van der Waals surface area contributed by atoms with Crippen molar-refractivity contribution in [3.8, 4) is 0 Å². The van der Waals surface area contributed by atoms with Gasteiger partial charge in [0.05, 0.1) is 17.8 Å². The predicted octanol–water partition coefficient (Wildman–Crippen LogP) is 3.52. The highest BCUT2D eigenvalue weighted by Gasteiger charge is 2.23. The third-order valence-electron chi connectivity index (χ3n) is 2.39. The topological polar surface area (TPSA) is 29.5 Å². The molecule has 0 amide bonds. The number of unbranched alkanes of at least 4 members (excludes halogenated alkanes) is 3. The van der Waals surface area contributed by atoms with Crippen molar-refractivity contribution in [1.82, 2.24) is 0 Å². The molecular formula is C13H28O2. The fourth-order valence-corrected chi connectivity index (χ4v) is 1.38. The third kappa shape index (κ3) is 10.2. The fourth-order valence-electron chi connectivity index (χ4n) is 1.38. The highest BCUT2D eigenvalue weighted by molar-refractivity contribution is 4.73. The van der Waals surface area contributed by atoms with E-state index in [1.54, 1.807) is 0 Å². The maximum Gasteiger partial charge on any atom is 0.0852 e. The van der Waals surface area contributed by atoms with Gasteiger partial charge in [0.1, 0.15) is 0 Å². The van der Waals surface area contributed by atoms with Gasteiger partial charge in [0.15, 0.2) is 0 Å². The molecule has 0 heterocycles. The summed E-state index contributed by atoms with van der Waals surface area (Å²) in [6, 6.07) is 0. The molecule has 92 valence electrons. The number of rotatable bonds is 7. The van der Waals surface area contributed by atoms with Crippen LogP contribution in [0.15, 0.2) is 0 Å². The minimum Gasteiger partial charge on any atom is -0.388 e. The maximum atomic E-state index is 10.1. The molecule has 1 atom stereocenters. The molecule has 2 nitrogen and oxygen atoms in total. The molecule has 0 saturated heterocycles. The lowest BCUT2D eigenvalue weighted by atomic mass is 9.98. The highest BCUT2D eigenvalue weighted by Crippen LogP contribution is 2.18. The molecule has 15 heavy (non-hydrogen) atoms. The normalized spacial score (nSPS) is 16.4. The van der Waals surface area contributed by atoms with Gasteiger partial charge >= 0.3 is 0 Å². The second kappa shape index (κ2) is 6.49. The van der Waals surface area contributed by atoms with E-state index in [1.807, 2.05) is 27.7 Å². The molecule has 0 fully saturated rings. The van der Waals surface area contributed by atoms with E-state index in [9.17, 15) is 5.11 Å². The summed E-state index contributed by atoms with van der Waals surface area (Å²) in [5.74, 6) is 0. The van der Waals surface area contributed by atoms with Crippen LogP contribution in [-0.2, 0) is 4.74 Å². The molecule has 0 aliphatic heterocycles. The summed E-state index contributed by atoms with van der Waals surface area (Å²) in [6.45, 7) is 10.5. The van der Waals surface area contributed by atoms with E-state index in [-0.39, 0.29) is 5.60 Å². The SMILES string of the molecule is CCCCCCC(C)(O)COC(C)(C)C. The standard InChI is InChI=1S/C13H28O2/c1-6-7-8-9-10-13(5,14)11-15-12(2,3)4/h14H,6-11H2,1-5H3. The maximum absolute atomic E-state index is 10.1. The third-order valence-corrected chi connectivity index (χ3v) is 2.39. The van der Waals surface area contributed by atoms with Gasteiger partial charge in [-0.15, -0.1) is 0 Å². The predicted molar refractivity (Wildman–Crippen MR) is 65.1 cm³/mol. The van der Waals surface area contributed by atoms with Gasteiger partial charge in [-0.05, 0) is 34.1 Å². The quantitative estimate of drug-likeness (QED) is 0.660. The van der Waals surface area contributed by atoms with E-state index in [4.69, 9.17) is 4.74 Å². The minimum atomic E-state index is -0.666. The molecule has 0 radical (unpaired) electrons. The molecule has 0 aliphatic rings. The van der Waals surface area contributed by atoms with Crippen LogP contribution in [0.1, 0.15) is 66.7 Å². The number of hydrogen-bond donors (Lipinski definition) is 1. The molecule has 1 unspecified atom stereocenters. The lowest BCUT2D eigenvalue weighted by molar-refractivity contribution is -0.0945. The van der Waals surface area contributed by atoms with Crippen LogP contribution in [0.2, 0.25) is 0 Å². The molecule has 0 aromatic rings. The van der Waals surface area contributed by atoms with Crippen LogP contribution in [0.4, 0.5) is 0 Å². The zero-order valence-corrected chi connectivity index (χ0v) is 11.1. The van der Waals surface area contributed by atoms with Crippen molar-refractivity contribution >= 4 is 0 Å². The molecule has 0 aromatic carbocycles. The van der Waals surface area contributed by atoms with Gasteiger partial charge in [-0.3, -0.25) is 0 Å². The van der Waals surface area contributed by atoms with Gasteiger partial charge in [-0.2, -0.15) is 0 Å². The lowest BCUT2D eigenvalue weighted by Gasteiger charge is -2.28. The van der Waals surface area contributed by atoms with Crippen LogP contribution in [-0.4, -0.2) is 22.9 Å². The van der Waals surface area contributed by atoms with Crippen molar-refractivity contribution in [3.05, 3.63) is 0 Å². The van der Waals surface area contributed by atoms with Crippen molar-refractivity contribution in [2.75, 3.05) is 6.61 Å². The van der Waals surface area contributed by atoms with Gasteiger partial charge in [0, 0.05) is 0 Å². The first-order valence-electron chi connectivity index (χ1n) is 6.13. The lowest BCUT2D eigenvalue weighted by Crippen LogP contribution is -2.35. The van der Waals surface area contributed by atoms with Crippen LogP contribution in [0.5, 0.6) is 0 Å². The van der Waals surface area contributed by atoms with Crippen LogP contribution >= 0.6 is 0 Å². The molecule has 0 aliphatic carbocycles. The van der Waals surface area contributed by atoms with Gasteiger partial charge in [0.25, 0.3) is 0 Å². The Balaban J connectivity index is 3.67. The Hall–Kier alpha value is -0.0800. The van der Waals surface area contributed by atoms with Gasteiger partial charge in [-0.25, -0.2) is 0 Å². The first-order chi connectivity index (χ1) is 6.77. The zero-order valence-electron chi connectivity index (χ0n) is 11.1. The van der Waals surface area contributed by atoms with Crippen molar-refractivity contribution in [1.29, 1.82) is 0 Å². The molecule has 0 rings (SSSR count). The summed E-state index contributed by atoms with van der Waals surface area (Å²) < 4.78 is 5.60. The van der Waals surface area contributed by atoms with Crippen LogP contribution in [0, 0.1) is 0 Å². The number of hydrogen-bond acceptors (Lipinski definition) is 2. The second-order valence-corrected chi connectivity index (χ2v) is 5.71. The first kappa shape index (κ1) is 14.9. The summed E-state index contributed by atoms with van der Waals surface area (Å²) in [7, 11) is 0. The van der Waals surface area contributed by atoms with Crippen LogP contribution in [0.25, 0.3) is 0 Å². The largest absolute Gasteiger partial charge is 0.388 e. The number of ether oxygens (including phenoxy) is 1. The van der Waals surface area contributed by atoms with E-state index in [1.165, 1.54) is 19.3 Å². The Morgan fingerprint density at radius 1 is 1.00 bits per heavy atom. The van der Waals surface area contributed by atoms with Crippen LogP contribution in [0.3, 0.4) is 0 Å². The van der Waals surface area contributed by atoms with E-state index >= 15 is 0 Å². The van der Waals surface area contributed by atoms with Crippen molar-refractivity contribution in [2.24, 2.45) is 0 Å². The summed E-state index contributed by atoms with van der Waals surface area (Å²) in [5.41, 5.74) is -0.825. The van der Waals surface area contributed by atoms with E-state index in [0.717, 1.165) is 12.8 Å². The van der Waals surface area contributed by atoms with E-state index in [0.29, 0.717) is 6.61 Å².